The maximum Gasteiger partial charge on any atom is 0.241 e. The summed E-state index contributed by atoms with van der Waals surface area (Å²) in [6.07, 6.45) is 7.10. The molecule has 0 atom stereocenters. The van der Waals surface area contributed by atoms with E-state index in [9.17, 15) is 9.59 Å². The summed E-state index contributed by atoms with van der Waals surface area (Å²) < 4.78 is 0. The van der Waals surface area contributed by atoms with E-state index in [1.54, 1.807) is 23.9 Å². The molecule has 0 unspecified atom stereocenters. The highest BCUT2D eigenvalue weighted by molar-refractivity contribution is 5.85. The standard InChI is InChI=1S/C16H31N3O2/c1-5-11-19(13-15(21)18(3)4)14(20)12-16(17-2)9-7-6-8-10-16/h17H,5-13H2,1-4H3. The second kappa shape index (κ2) is 8.37. The van der Waals surface area contributed by atoms with Crippen LogP contribution in [0.1, 0.15) is 51.9 Å². The van der Waals surface area contributed by atoms with E-state index in [1.807, 2.05) is 14.0 Å². The molecule has 5 nitrogen and oxygen atoms in total. The molecule has 0 aromatic heterocycles. The van der Waals surface area contributed by atoms with E-state index >= 15 is 0 Å². The van der Waals surface area contributed by atoms with Crippen LogP contribution in [0.4, 0.5) is 0 Å². The summed E-state index contributed by atoms with van der Waals surface area (Å²) in [7, 11) is 5.41. The maximum absolute atomic E-state index is 12.6. The van der Waals surface area contributed by atoms with Crippen molar-refractivity contribution in [2.75, 3.05) is 34.2 Å². The van der Waals surface area contributed by atoms with Gasteiger partial charge in [0, 0.05) is 32.6 Å². The number of likely N-dealkylation sites (N-methyl/N-ethyl adjacent to an activating group) is 1. The number of hydrogen-bond donors (Lipinski definition) is 1. The van der Waals surface area contributed by atoms with Crippen LogP contribution in [0.25, 0.3) is 0 Å². The van der Waals surface area contributed by atoms with Gasteiger partial charge in [-0.25, -0.2) is 0 Å². The number of rotatable bonds is 7. The van der Waals surface area contributed by atoms with E-state index in [1.165, 1.54) is 19.3 Å². The van der Waals surface area contributed by atoms with E-state index in [0.29, 0.717) is 13.0 Å². The number of amides is 2. The van der Waals surface area contributed by atoms with Crippen molar-refractivity contribution in [2.45, 2.75) is 57.4 Å². The van der Waals surface area contributed by atoms with Crippen LogP contribution in [-0.4, -0.2) is 61.4 Å². The number of carbonyl (C=O) groups is 2. The van der Waals surface area contributed by atoms with Crippen LogP contribution >= 0.6 is 0 Å². The average Bonchev–Trinajstić information content (AvgIpc) is 2.47. The molecule has 1 rings (SSSR count). The van der Waals surface area contributed by atoms with Crippen molar-refractivity contribution in [3.63, 3.8) is 0 Å². The minimum absolute atomic E-state index is 0.0149. The first-order chi connectivity index (χ1) is 9.94. The average molecular weight is 297 g/mol. The number of carbonyl (C=O) groups excluding carboxylic acids is 2. The Morgan fingerprint density at radius 2 is 1.71 bits per heavy atom. The summed E-state index contributed by atoms with van der Waals surface area (Å²) in [5, 5.41) is 3.38. The second-order valence-electron chi connectivity index (χ2n) is 6.37. The molecule has 0 aliphatic heterocycles. The van der Waals surface area contributed by atoms with Gasteiger partial charge in [-0.3, -0.25) is 9.59 Å². The first kappa shape index (κ1) is 18.0. The smallest absolute Gasteiger partial charge is 0.241 e. The lowest BCUT2D eigenvalue weighted by atomic mass is 9.79. The molecule has 0 aromatic rings. The number of nitrogens with zero attached hydrogens (tertiary/aromatic N) is 2. The van der Waals surface area contributed by atoms with Gasteiger partial charge in [0.2, 0.25) is 11.8 Å². The van der Waals surface area contributed by atoms with Crippen molar-refractivity contribution >= 4 is 11.8 Å². The molecular weight excluding hydrogens is 266 g/mol. The molecule has 1 aliphatic carbocycles. The van der Waals surface area contributed by atoms with Crippen molar-refractivity contribution in [3.05, 3.63) is 0 Å². The highest BCUT2D eigenvalue weighted by Crippen LogP contribution is 2.31. The summed E-state index contributed by atoms with van der Waals surface area (Å²) >= 11 is 0. The quantitative estimate of drug-likeness (QED) is 0.777. The van der Waals surface area contributed by atoms with Gasteiger partial charge >= 0.3 is 0 Å². The topological polar surface area (TPSA) is 52.7 Å². The molecular formula is C16H31N3O2. The minimum Gasteiger partial charge on any atom is -0.347 e. The first-order valence-corrected chi connectivity index (χ1v) is 8.11. The fourth-order valence-electron chi connectivity index (χ4n) is 3.01. The van der Waals surface area contributed by atoms with E-state index in [0.717, 1.165) is 19.3 Å². The number of nitrogens with one attached hydrogen (secondary N) is 1. The Kier molecular flexibility index (Phi) is 7.15. The Labute approximate surface area is 129 Å². The highest BCUT2D eigenvalue weighted by atomic mass is 16.2. The van der Waals surface area contributed by atoms with Crippen LogP contribution < -0.4 is 5.32 Å². The van der Waals surface area contributed by atoms with Gasteiger partial charge in [-0.2, -0.15) is 0 Å². The maximum atomic E-state index is 12.6. The third-order valence-corrected chi connectivity index (χ3v) is 4.50. The van der Waals surface area contributed by atoms with Gasteiger partial charge in [0.15, 0.2) is 0 Å². The third kappa shape index (κ3) is 5.30. The molecule has 1 fully saturated rings. The minimum atomic E-state index is -0.0670. The third-order valence-electron chi connectivity index (χ3n) is 4.50. The largest absolute Gasteiger partial charge is 0.347 e. The van der Waals surface area contributed by atoms with Crippen molar-refractivity contribution in [1.82, 2.24) is 15.1 Å². The molecule has 1 aliphatic rings. The van der Waals surface area contributed by atoms with E-state index in [2.05, 4.69) is 5.32 Å². The zero-order chi connectivity index (χ0) is 15.9. The molecule has 0 radical (unpaired) electrons. The van der Waals surface area contributed by atoms with Crippen LogP contribution in [0.5, 0.6) is 0 Å². The second-order valence-corrected chi connectivity index (χ2v) is 6.37. The van der Waals surface area contributed by atoms with Crippen molar-refractivity contribution in [3.8, 4) is 0 Å². The zero-order valence-electron chi connectivity index (χ0n) is 14.1. The lowest BCUT2D eigenvalue weighted by Crippen LogP contribution is -2.50. The van der Waals surface area contributed by atoms with Gasteiger partial charge in [-0.05, 0) is 26.3 Å². The monoisotopic (exact) mass is 297 g/mol. The Bertz CT molecular complexity index is 349. The highest BCUT2D eigenvalue weighted by Gasteiger charge is 2.34. The van der Waals surface area contributed by atoms with Gasteiger partial charge in [0.05, 0.1) is 6.54 Å². The van der Waals surface area contributed by atoms with Gasteiger partial charge in [-0.15, -0.1) is 0 Å². The molecule has 5 heteroatoms. The summed E-state index contributed by atoms with van der Waals surface area (Å²) in [6.45, 7) is 2.88. The predicted molar refractivity (Wildman–Crippen MR) is 85.1 cm³/mol. The molecule has 0 aromatic carbocycles. The van der Waals surface area contributed by atoms with Crippen molar-refractivity contribution in [1.29, 1.82) is 0 Å². The normalized spacial score (nSPS) is 17.3. The zero-order valence-corrected chi connectivity index (χ0v) is 14.1. The summed E-state index contributed by atoms with van der Waals surface area (Å²) in [5.74, 6) is 0.0854. The van der Waals surface area contributed by atoms with Crippen LogP contribution in [-0.2, 0) is 9.59 Å². The molecule has 1 saturated carbocycles. The van der Waals surface area contributed by atoms with Gasteiger partial charge in [-0.1, -0.05) is 26.2 Å². The molecule has 0 bridgehead atoms. The molecule has 0 spiro atoms. The Morgan fingerprint density at radius 3 is 2.19 bits per heavy atom. The van der Waals surface area contributed by atoms with Gasteiger partial charge in [0.25, 0.3) is 0 Å². The van der Waals surface area contributed by atoms with E-state index in [4.69, 9.17) is 0 Å². The van der Waals surface area contributed by atoms with Crippen LogP contribution in [0.3, 0.4) is 0 Å². The lowest BCUT2D eigenvalue weighted by molar-refractivity contribution is -0.140. The van der Waals surface area contributed by atoms with Crippen LogP contribution in [0.15, 0.2) is 0 Å². The Morgan fingerprint density at radius 1 is 1.10 bits per heavy atom. The molecule has 0 saturated heterocycles. The Hall–Kier alpha value is -1.10. The summed E-state index contributed by atoms with van der Waals surface area (Å²) in [6, 6.07) is 0. The van der Waals surface area contributed by atoms with Gasteiger partial charge < -0.3 is 15.1 Å². The van der Waals surface area contributed by atoms with Crippen LogP contribution in [0.2, 0.25) is 0 Å². The van der Waals surface area contributed by atoms with E-state index < -0.39 is 0 Å². The van der Waals surface area contributed by atoms with Crippen LogP contribution in [0, 0.1) is 0 Å². The molecule has 1 N–H and O–H groups in total. The van der Waals surface area contributed by atoms with E-state index in [-0.39, 0.29) is 23.9 Å². The SMILES string of the molecule is CCCN(CC(=O)N(C)C)C(=O)CC1(NC)CCCCC1. The molecule has 2 amide bonds. The van der Waals surface area contributed by atoms with Crippen molar-refractivity contribution < 1.29 is 9.59 Å². The Balaban J connectivity index is 2.68. The predicted octanol–water partition coefficient (Wildman–Crippen LogP) is 1.63. The fourth-order valence-corrected chi connectivity index (χ4v) is 3.01. The van der Waals surface area contributed by atoms with Crippen molar-refractivity contribution in [2.24, 2.45) is 0 Å². The van der Waals surface area contributed by atoms with Gasteiger partial charge in [0.1, 0.15) is 0 Å². The molecule has 0 heterocycles. The first-order valence-electron chi connectivity index (χ1n) is 8.11. The lowest BCUT2D eigenvalue weighted by Gasteiger charge is -2.38. The number of hydrogen-bond acceptors (Lipinski definition) is 3. The summed E-state index contributed by atoms with van der Waals surface area (Å²) in [5.41, 5.74) is -0.0670. The summed E-state index contributed by atoms with van der Waals surface area (Å²) in [4.78, 5) is 27.8. The fraction of sp³-hybridized carbons (Fsp3) is 0.875. The molecule has 122 valence electrons. The molecule has 21 heavy (non-hydrogen) atoms.